The number of hydrogen-bond acceptors (Lipinski definition) is 5. The van der Waals surface area contributed by atoms with Crippen LogP contribution in [0.3, 0.4) is 0 Å². The van der Waals surface area contributed by atoms with Crippen molar-refractivity contribution in [2.75, 3.05) is 0 Å². The van der Waals surface area contributed by atoms with Crippen molar-refractivity contribution < 1.29 is 83.7 Å². The standard InChI is InChI=1S/C6H10N2O5.ClH.2Na/c7-6(13)8-3(5(11)12)1-2-4(9)10;;;/h3H,1-2H2,(H,9,10)(H,11,12)(H3,7,8,13);1H;;/q;;2*+1/p-2/t3-;;;/m0.../s1. The quantitative estimate of drug-likeness (QED) is 0.478. The number of hydrogen-bond donors (Lipinski definition) is 2. The number of nitrogens with two attached hydrogens (primary N) is 1. The van der Waals surface area contributed by atoms with Gasteiger partial charge >= 0.3 is 65.1 Å². The van der Waals surface area contributed by atoms with E-state index in [1.165, 1.54) is 0 Å². The maximum Gasteiger partial charge on any atom is 1.00 e. The molecule has 0 aromatic carbocycles. The Morgan fingerprint density at radius 3 is 1.88 bits per heavy atom. The molecule has 3 N–H and O–H groups in total. The summed E-state index contributed by atoms with van der Waals surface area (Å²) in [5.41, 5.74) is 4.63. The van der Waals surface area contributed by atoms with Gasteiger partial charge in [0, 0.05) is 5.97 Å². The maximum absolute atomic E-state index is 10.3. The number of carboxylic acids is 2. The summed E-state index contributed by atoms with van der Waals surface area (Å²) in [5, 5.41) is 22.0. The van der Waals surface area contributed by atoms with Crippen molar-refractivity contribution in [3.63, 3.8) is 0 Å². The summed E-state index contributed by atoms with van der Waals surface area (Å²) in [4.78, 5) is 30.4. The minimum atomic E-state index is -1.58. The van der Waals surface area contributed by atoms with Crippen molar-refractivity contribution in [1.82, 2.24) is 5.32 Å². The molecule has 0 aliphatic heterocycles. The third-order valence-electron chi connectivity index (χ3n) is 1.24. The van der Waals surface area contributed by atoms with Gasteiger partial charge in [-0.3, -0.25) is 0 Å². The van der Waals surface area contributed by atoms with Gasteiger partial charge in [-0.05, 0) is 12.8 Å². The zero-order chi connectivity index (χ0) is 10.4. The first-order chi connectivity index (χ1) is 5.93. The van der Waals surface area contributed by atoms with Gasteiger partial charge in [0.05, 0.1) is 12.0 Å². The molecule has 2 amide bonds. The SMILES string of the molecule is Cl.NC(=O)N[C@@H](CCC(=O)[O-])C(=O)[O-].[Na+].[Na+]. The Balaban J connectivity index is -0.000000240. The molecule has 0 saturated carbocycles. The molecule has 0 aliphatic rings. The van der Waals surface area contributed by atoms with E-state index in [0.717, 1.165) is 0 Å². The second-order valence-electron chi connectivity index (χ2n) is 2.29. The van der Waals surface area contributed by atoms with Crippen LogP contribution in [0.1, 0.15) is 12.8 Å². The molecule has 10 heteroatoms. The number of rotatable bonds is 5. The Kier molecular flexibility index (Phi) is 21.5. The fraction of sp³-hybridized carbons (Fsp3) is 0.500. The molecule has 7 nitrogen and oxygen atoms in total. The van der Waals surface area contributed by atoms with E-state index in [1.807, 2.05) is 5.32 Å². The monoisotopic (exact) mass is 270 g/mol. The summed E-state index contributed by atoms with van der Waals surface area (Å²) >= 11 is 0. The smallest absolute Gasteiger partial charge is 0.550 e. The van der Waals surface area contributed by atoms with Crippen molar-refractivity contribution in [2.24, 2.45) is 5.73 Å². The van der Waals surface area contributed by atoms with Gasteiger partial charge in [0.2, 0.25) is 0 Å². The molecular weight excluding hydrogens is 262 g/mol. The van der Waals surface area contributed by atoms with E-state index < -0.39 is 30.4 Å². The molecule has 0 rings (SSSR count). The third kappa shape index (κ3) is 14.5. The number of primary amides is 1. The topological polar surface area (TPSA) is 135 Å². The first-order valence-corrected chi connectivity index (χ1v) is 3.40. The summed E-state index contributed by atoms with van der Waals surface area (Å²) in [7, 11) is 0. The van der Waals surface area contributed by atoms with Crippen LogP contribution in [0.25, 0.3) is 0 Å². The number of urea groups is 1. The van der Waals surface area contributed by atoms with Crippen LogP contribution in [-0.4, -0.2) is 24.0 Å². The van der Waals surface area contributed by atoms with Crippen molar-refractivity contribution >= 4 is 30.4 Å². The van der Waals surface area contributed by atoms with Gasteiger partial charge in [-0.25, -0.2) is 4.79 Å². The van der Waals surface area contributed by atoms with Crippen molar-refractivity contribution in [3.05, 3.63) is 0 Å². The summed E-state index contributed by atoms with van der Waals surface area (Å²) in [6, 6.07) is -2.44. The minimum absolute atomic E-state index is 0. The Hall–Kier alpha value is 0.500. The second kappa shape index (κ2) is 13.6. The van der Waals surface area contributed by atoms with Crippen LogP contribution in [0.4, 0.5) is 4.79 Å². The molecule has 16 heavy (non-hydrogen) atoms. The molecule has 0 aromatic rings. The number of carbonyl (C=O) groups is 3. The van der Waals surface area contributed by atoms with E-state index in [0.29, 0.717) is 0 Å². The number of halogens is 1. The predicted octanol–water partition coefficient (Wildman–Crippen LogP) is -9.27. The van der Waals surface area contributed by atoms with Gasteiger partial charge in [-0.2, -0.15) is 0 Å². The van der Waals surface area contributed by atoms with Crippen molar-refractivity contribution in [1.29, 1.82) is 0 Å². The molecule has 0 unspecified atom stereocenters. The fourth-order valence-electron chi connectivity index (χ4n) is 0.683. The predicted molar refractivity (Wildman–Crippen MR) is 43.0 cm³/mol. The van der Waals surface area contributed by atoms with Gasteiger partial charge < -0.3 is 30.9 Å². The molecule has 0 aromatic heterocycles. The van der Waals surface area contributed by atoms with Crippen molar-refractivity contribution in [2.45, 2.75) is 18.9 Å². The van der Waals surface area contributed by atoms with E-state index in [2.05, 4.69) is 5.73 Å². The summed E-state index contributed by atoms with van der Waals surface area (Å²) in [6.45, 7) is 0. The van der Waals surface area contributed by atoms with E-state index in [-0.39, 0.29) is 77.9 Å². The minimum Gasteiger partial charge on any atom is -0.550 e. The van der Waals surface area contributed by atoms with Crippen LogP contribution < -0.4 is 80.4 Å². The normalized spacial score (nSPS) is 9.50. The van der Waals surface area contributed by atoms with Crippen LogP contribution >= 0.6 is 12.4 Å². The Morgan fingerprint density at radius 2 is 1.62 bits per heavy atom. The molecule has 0 radical (unpaired) electrons. The zero-order valence-electron chi connectivity index (χ0n) is 9.02. The van der Waals surface area contributed by atoms with Crippen LogP contribution in [0.5, 0.6) is 0 Å². The van der Waals surface area contributed by atoms with Crippen LogP contribution in [0.2, 0.25) is 0 Å². The Bertz CT molecular complexity index is 241. The van der Waals surface area contributed by atoms with E-state index in [4.69, 9.17) is 0 Å². The zero-order valence-corrected chi connectivity index (χ0v) is 13.8. The first-order valence-electron chi connectivity index (χ1n) is 3.40. The van der Waals surface area contributed by atoms with E-state index >= 15 is 0 Å². The van der Waals surface area contributed by atoms with Crippen LogP contribution in [0.15, 0.2) is 0 Å². The summed E-state index contributed by atoms with van der Waals surface area (Å²) in [5.74, 6) is -2.99. The third-order valence-corrected chi connectivity index (χ3v) is 1.24. The number of carboxylic acid groups (broad SMARTS) is 2. The summed E-state index contributed by atoms with van der Waals surface area (Å²) in [6.07, 6.45) is -0.799. The number of nitrogens with one attached hydrogen (secondary N) is 1. The number of carbonyl (C=O) groups excluding carboxylic acids is 3. The second-order valence-corrected chi connectivity index (χ2v) is 2.29. The van der Waals surface area contributed by atoms with Gasteiger partial charge in [-0.15, -0.1) is 12.4 Å². The number of aliphatic carboxylic acids is 2. The largest absolute Gasteiger partial charge is 1.00 e. The van der Waals surface area contributed by atoms with Crippen molar-refractivity contribution in [3.8, 4) is 0 Å². The molecule has 0 fully saturated rings. The molecule has 82 valence electrons. The summed E-state index contributed by atoms with van der Waals surface area (Å²) < 4.78 is 0. The molecule has 0 aliphatic carbocycles. The van der Waals surface area contributed by atoms with Gasteiger partial charge in [0.1, 0.15) is 0 Å². The Labute approximate surface area is 143 Å². The molecule has 1 atom stereocenters. The van der Waals surface area contributed by atoms with Crippen LogP contribution in [0, 0.1) is 0 Å². The molecule has 0 spiro atoms. The maximum atomic E-state index is 10.3. The molecule has 0 bridgehead atoms. The van der Waals surface area contributed by atoms with E-state index in [9.17, 15) is 24.6 Å². The van der Waals surface area contributed by atoms with Crippen LogP contribution in [-0.2, 0) is 9.59 Å². The Morgan fingerprint density at radius 1 is 1.19 bits per heavy atom. The van der Waals surface area contributed by atoms with Gasteiger partial charge in [-0.1, -0.05) is 0 Å². The molecule has 0 heterocycles. The molecular formula is C6H9ClN2Na2O5. The number of amides is 2. The molecule has 0 saturated heterocycles. The average molecular weight is 271 g/mol. The first kappa shape index (κ1) is 25.4. The fourth-order valence-corrected chi connectivity index (χ4v) is 0.683. The average Bonchev–Trinajstić information content (AvgIpc) is 1.96. The van der Waals surface area contributed by atoms with E-state index in [1.54, 1.807) is 0 Å². The van der Waals surface area contributed by atoms with Gasteiger partial charge in [0.15, 0.2) is 0 Å². The van der Waals surface area contributed by atoms with Gasteiger partial charge in [0.25, 0.3) is 0 Å².